The molecule has 1 saturated carbocycles. The second-order valence-corrected chi connectivity index (χ2v) is 8.48. The van der Waals surface area contributed by atoms with Crippen LogP contribution in [0.25, 0.3) is 0 Å². The summed E-state index contributed by atoms with van der Waals surface area (Å²) in [5, 5.41) is 3.15. The molecule has 3 aromatic rings. The van der Waals surface area contributed by atoms with Crippen molar-refractivity contribution in [1.29, 1.82) is 0 Å². The lowest BCUT2D eigenvalue weighted by atomic mass is 9.94. The summed E-state index contributed by atoms with van der Waals surface area (Å²) in [6.07, 6.45) is 6.67. The molecule has 5 nitrogen and oxygen atoms in total. The van der Waals surface area contributed by atoms with E-state index in [0.29, 0.717) is 16.8 Å². The van der Waals surface area contributed by atoms with E-state index in [4.69, 9.17) is 0 Å². The smallest absolute Gasteiger partial charge is 0.277 e. The summed E-state index contributed by atoms with van der Waals surface area (Å²) >= 11 is 0. The van der Waals surface area contributed by atoms with E-state index in [2.05, 4.69) is 10.3 Å². The topological polar surface area (TPSA) is 62.3 Å². The minimum atomic E-state index is -0.968. The van der Waals surface area contributed by atoms with Crippen molar-refractivity contribution in [3.8, 4) is 0 Å². The molecule has 1 aliphatic rings. The van der Waals surface area contributed by atoms with Crippen molar-refractivity contribution in [3.05, 3.63) is 95.6 Å². The first-order chi connectivity index (χ1) is 16.0. The Morgan fingerprint density at radius 2 is 1.73 bits per heavy atom. The Hall–Kier alpha value is -3.54. The van der Waals surface area contributed by atoms with Crippen LogP contribution >= 0.6 is 0 Å². The van der Waals surface area contributed by atoms with E-state index in [9.17, 15) is 14.0 Å². The predicted molar refractivity (Wildman–Crippen MR) is 126 cm³/mol. The molecule has 0 radical (unpaired) electrons. The lowest BCUT2D eigenvalue weighted by Crippen LogP contribution is -2.47. The van der Waals surface area contributed by atoms with Crippen molar-refractivity contribution in [2.45, 2.75) is 51.1 Å². The maximum absolute atomic E-state index is 14.6. The van der Waals surface area contributed by atoms with E-state index >= 15 is 0 Å². The Balaban J connectivity index is 1.80. The number of pyridine rings is 1. The molecule has 1 heterocycles. The van der Waals surface area contributed by atoms with Crippen molar-refractivity contribution in [2.24, 2.45) is 0 Å². The molecule has 0 saturated heterocycles. The highest BCUT2D eigenvalue weighted by Crippen LogP contribution is 2.31. The van der Waals surface area contributed by atoms with Crippen LogP contribution in [0.2, 0.25) is 0 Å². The normalized spacial score (nSPS) is 15.0. The fourth-order valence-corrected chi connectivity index (χ4v) is 4.31. The minimum Gasteiger partial charge on any atom is -0.351 e. The summed E-state index contributed by atoms with van der Waals surface area (Å²) in [5.74, 6) is -1.18. The van der Waals surface area contributed by atoms with Gasteiger partial charge in [0, 0.05) is 17.9 Å². The molecule has 4 rings (SSSR count). The number of benzene rings is 2. The number of nitrogens with one attached hydrogen (secondary N) is 1. The van der Waals surface area contributed by atoms with Crippen LogP contribution in [-0.4, -0.2) is 22.8 Å². The number of anilines is 1. The van der Waals surface area contributed by atoms with Crippen LogP contribution in [0.4, 0.5) is 10.1 Å². The second kappa shape index (κ2) is 10.4. The molecule has 1 aliphatic carbocycles. The van der Waals surface area contributed by atoms with Crippen LogP contribution in [0, 0.1) is 12.7 Å². The standard InChI is InChI=1S/C27H28FN3O2/c1-19-15-16-22(18-23(19)28)31(27(33)24-14-8-9-17-29-24)25(20-10-4-2-5-11-20)26(32)30-21-12-6-3-7-13-21/h2,4-5,8-11,14-18,21,25H,3,6-7,12-13H2,1H3,(H,30,32). The van der Waals surface area contributed by atoms with Crippen LogP contribution in [0.3, 0.4) is 0 Å². The maximum atomic E-state index is 14.6. The molecule has 0 aliphatic heterocycles. The number of carbonyl (C=O) groups excluding carboxylic acids is 2. The molecule has 33 heavy (non-hydrogen) atoms. The van der Waals surface area contributed by atoms with Crippen LogP contribution in [0.1, 0.15) is 59.8 Å². The Kier molecular flexibility index (Phi) is 7.13. The number of hydrogen-bond acceptors (Lipinski definition) is 3. The van der Waals surface area contributed by atoms with Gasteiger partial charge in [0.05, 0.1) is 0 Å². The number of amides is 2. The fraction of sp³-hybridized carbons (Fsp3) is 0.296. The number of aromatic nitrogens is 1. The summed E-state index contributed by atoms with van der Waals surface area (Å²) in [5.41, 5.74) is 1.61. The highest BCUT2D eigenvalue weighted by molar-refractivity contribution is 6.09. The van der Waals surface area contributed by atoms with E-state index in [1.165, 1.54) is 23.6 Å². The highest BCUT2D eigenvalue weighted by Gasteiger charge is 2.35. The van der Waals surface area contributed by atoms with Gasteiger partial charge in [-0.2, -0.15) is 0 Å². The van der Waals surface area contributed by atoms with Gasteiger partial charge in [0.1, 0.15) is 17.6 Å². The first kappa shape index (κ1) is 22.6. The van der Waals surface area contributed by atoms with Gasteiger partial charge in [0.15, 0.2) is 0 Å². The van der Waals surface area contributed by atoms with Crippen LogP contribution in [0.5, 0.6) is 0 Å². The predicted octanol–water partition coefficient (Wildman–Crippen LogP) is 5.37. The van der Waals surface area contributed by atoms with Gasteiger partial charge in [0.2, 0.25) is 5.91 Å². The van der Waals surface area contributed by atoms with Crippen molar-refractivity contribution >= 4 is 17.5 Å². The Morgan fingerprint density at radius 3 is 2.39 bits per heavy atom. The Morgan fingerprint density at radius 1 is 1.00 bits per heavy atom. The molecule has 0 spiro atoms. The number of carbonyl (C=O) groups is 2. The van der Waals surface area contributed by atoms with Crippen LogP contribution in [-0.2, 0) is 4.79 Å². The van der Waals surface area contributed by atoms with E-state index in [0.717, 1.165) is 25.7 Å². The first-order valence-electron chi connectivity index (χ1n) is 11.4. The van der Waals surface area contributed by atoms with Crippen molar-refractivity contribution in [3.63, 3.8) is 0 Å². The molecule has 1 unspecified atom stereocenters. The summed E-state index contributed by atoms with van der Waals surface area (Å²) in [6, 6.07) is 17.9. The number of nitrogens with zero attached hydrogens (tertiary/aromatic N) is 2. The maximum Gasteiger partial charge on any atom is 0.277 e. The Bertz CT molecular complexity index is 1100. The van der Waals surface area contributed by atoms with Gasteiger partial charge in [-0.05, 0) is 55.2 Å². The summed E-state index contributed by atoms with van der Waals surface area (Å²) in [7, 11) is 0. The zero-order valence-electron chi connectivity index (χ0n) is 18.7. The summed E-state index contributed by atoms with van der Waals surface area (Å²) < 4.78 is 14.6. The van der Waals surface area contributed by atoms with Gasteiger partial charge in [-0.15, -0.1) is 0 Å². The average Bonchev–Trinajstić information content (AvgIpc) is 2.85. The monoisotopic (exact) mass is 445 g/mol. The van der Waals surface area contributed by atoms with Gasteiger partial charge in [-0.3, -0.25) is 19.5 Å². The molecule has 1 N–H and O–H groups in total. The molecule has 0 bridgehead atoms. The molecule has 2 aromatic carbocycles. The van der Waals surface area contributed by atoms with Gasteiger partial charge in [0.25, 0.3) is 5.91 Å². The minimum absolute atomic E-state index is 0.0685. The van der Waals surface area contributed by atoms with Crippen molar-refractivity contribution in [2.75, 3.05) is 4.90 Å². The molecule has 1 fully saturated rings. The van der Waals surface area contributed by atoms with Gasteiger partial charge in [-0.1, -0.05) is 61.7 Å². The number of rotatable bonds is 6. The molecule has 2 amide bonds. The summed E-state index contributed by atoms with van der Waals surface area (Å²) in [6.45, 7) is 1.66. The van der Waals surface area contributed by atoms with Crippen molar-refractivity contribution < 1.29 is 14.0 Å². The highest BCUT2D eigenvalue weighted by atomic mass is 19.1. The lowest BCUT2D eigenvalue weighted by molar-refractivity contribution is -0.123. The van der Waals surface area contributed by atoms with Crippen LogP contribution < -0.4 is 10.2 Å². The zero-order valence-corrected chi connectivity index (χ0v) is 18.7. The summed E-state index contributed by atoms with van der Waals surface area (Å²) in [4.78, 5) is 33.0. The van der Waals surface area contributed by atoms with Crippen LogP contribution in [0.15, 0.2) is 72.9 Å². The van der Waals surface area contributed by atoms with E-state index < -0.39 is 17.8 Å². The Labute approximate surface area is 193 Å². The third kappa shape index (κ3) is 5.28. The first-order valence-corrected chi connectivity index (χ1v) is 11.4. The van der Waals surface area contributed by atoms with Gasteiger partial charge >= 0.3 is 0 Å². The number of aryl methyl sites for hydroxylation is 1. The number of halogens is 1. The largest absolute Gasteiger partial charge is 0.351 e. The van der Waals surface area contributed by atoms with Gasteiger partial charge < -0.3 is 5.32 Å². The third-order valence-corrected chi connectivity index (χ3v) is 6.11. The quantitative estimate of drug-likeness (QED) is 0.555. The average molecular weight is 446 g/mol. The molecular formula is C27H28FN3O2. The van der Waals surface area contributed by atoms with Crippen molar-refractivity contribution in [1.82, 2.24) is 10.3 Å². The van der Waals surface area contributed by atoms with E-state index in [-0.39, 0.29) is 17.6 Å². The van der Waals surface area contributed by atoms with E-state index in [1.54, 1.807) is 37.3 Å². The molecule has 170 valence electrons. The molecular weight excluding hydrogens is 417 g/mol. The van der Waals surface area contributed by atoms with Gasteiger partial charge in [-0.25, -0.2) is 4.39 Å². The number of hydrogen-bond donors (Lipinski definition) is 1. The zero-order chi connectivity index (χ0) is 23.2. The second-order valence-electron chi connectivity index (χ2n) is 8.48. The molecule has 6 heteroatoms. The SMILES string of the molecule is Cc1ccc(N(C(=O)c2ccccn2)C(C(=O)NC2CCCCC2)c2ccccc2)cc1F. The fourth-order valence-electron chi connectivity index (χ4n) is 4.31. The lowest BCUT2D eigenvalue weighted by Gasteiger charge is -2.33. The third-order valence-electron chi connectivity index (χ3n) is 6.11. The molecule has 1 atom stereocenters. The molecule has 1 aromatic heterocycles. The van der Waals surface area contributed by atoms with E-state index in [1.807, 2.05) is 30.3 Å².